The quantitative estimate of drug-likeness (QED) is 0.776. The second kappa shape index (κ2) is 7.58. The molecule has 0 spiro atoms. The van der Waals surface area contributed by atoms with Crippen molar-refractivity contribution in [3.8, 4) is 0 Å². The normalized spacial score (nSPS) is 35.3. The zero-order valence-corrected chi connectivity index (χ0v) is 19.1. The van der Waals surface area contributed by atoms with E-state index in [-0.39, 0.29) is 11.8 Å². The number of aryl methyl sites for hydroxylation is 2. The van der Waals surface area contributed by atoms with Gasteiger partial charge in [0.05, 0.1) is 4.90 Å². The molecule has 1 N–H and O–H groups in total. The summed E-state index contributed by atoms with van der Waals surface area (Å²) in [6.45, 7) is 0.887. The molecule has 5 nitrogen and oxygen atoms in total. The number of benzene rings is 1. The molecule has 5 aliphatic rings. The average Bonchev–Trinajstić information content (AvgIpc) is 3.55. The third-order valence-corrected chi connectivity index (χ3v) is 11.2. The number of nitrogens with one attached hydrogen (secondary N) is 1. The van der Waals surface area contributed by atoms with Gasteiger partial charge in [0.1, 0.15) is 0 Å². The minimum absolute atomic E-state index is 0.0510. The Kier molecular flexibility index (Phi) is 4.95. The predicted octanol–water partition coefficient (Wildman–Crippen LogP) is 3.52. The highest BCUT2D eigenvalue weighted by Gasteiger charge is 2.54. The van der Waals surface area contributed by atoms with Crippen LogP contribution < -0.4 is 5.32 Å². The molecule has 1 heterocycles. The average molecular weight is 443 g/mol. The van der Waals surface area contributed by atoms with Crippen LogP contribution in [0.3, 0.4) is 0 Å². The van der Waals surface area contributed by atoms with E-state index in [0.29, 0.717) is 42.8 Å². The fourth-order valence-electron chi connectivity index (χ4n) is 7.75. The first kappa shape index (κ1) is 20.2. The number of amides is 1. The van der Waals surface area contributed by atoms with Crippen molar-refractivity contribution in [2.75, 3.05) is 13.1 Å². The molecule has 1 aromatic rings. The second-order valence-electron chi connectivity index (χ2n) is 10.7. The van der Waals surface area contributed by atoms with Crippen molar-refractivity contribution in [1.29, 1.82) is 0 Å². The Labute approximate surface area is 186 Å². The summed E-state index contributed by atoms with van der Waals surface area (Å²) in [5.74, 6) is 3.43. The summed E-state index contributed by atoms with van der Waals surface area (Å²) in [5.41, 5.74) is 2.48. The molecule has 5 unspecified atom stereocenters. The van der Waals surface area contributed by atoms with Crippen molar-refractivity contribution in [3.63, 3.8) is 0 Å². The van der Waals surface area contributed by atoms with Crippen LogP contribution in [0.1, 0.15) is 62.5 Å². The van der Waals surface area contributed by atoms with Crippen LogP contribution in [0.5, 0.6) is 0 Å². The summed E-state index contributed by atoms with van der Waals surface area (Å²) in [5, 5.41) is 3.40. The smallest absolute Gasteiger partial charge is 0.243 e. The Hall–Kier alpha value is -1.40. The van der Waals surface area contributed by atoms with E-state index in [9.17, 15) is 13.2 Å². The summed E-state index contributed by atoms with van der Waals surface area (Å²) in [4.78, 5) is 13.4. The molecule has 2 bridgehead atoms. The number of sulfonamides is 1. The van der Waals surface area contributed by atoms with Gasteiger partial charge in [-0.1, -0.05) is 12.5 Å². The van der Waals surface area contributed by atoms with Crippen molar-refractivity contribution >= 4 is 15.9 Å². The lowest BCUT2D eigenvalue weighted by molar-refractivity contribution is -0.127. The van der Waals surface area contributed by atoms with E-state index in [4.69, 9.17) is 0 Å². The molecule has 1 saturated heterocycles. The number of piperidine rings is 1. The predicted molar refractivity (Wildman–Crippen MR) is 119 cm³/mol. The molecule has 0 radical (unpaired) electrons. The second-order valence-corrected chi connectivity index (χ2v) is 12.7. The molecule has 1 aliphatic heterocycles. The molecule has 4 aliphatic carbocycles. The van der Waals surface area contributed by atoms with Gasteiger partial charge in [-0.05, 0) is 105 Å². The molecule has 31 heavy (non-hydrogen) atoms. The van der Waals surface area contributed by atoms with Gasteiger partial charge in [-0.25, -0.2) is 8.42 Å². The van der Waals surface area contributed by atoms with Crippen molar-refractivity contribution in [3.05, 3.63) is 29.3 Å². The topological polar surface area (TPSA) is 66.5 Å². The zero-order chi connectivity index (χ0) is 21.2. The van der Waals surface area contributed by atoms with Crippen molar-refractivity contribution in [1.82, 2.24) is 9.62 Å². The number of hydrogen-bond acceptors (Lipinski definition) is 3. The molecule has 3 saturated carbocycles. The molecule has 168 valence electrons. The summed E-state index contributed by atoms with van der Waals surface area (Å²) >= 11 is 0. The minimum atomic E-state index is -3.47. The molecule has 0 aromatic heterocycles. The molecule has 6 heteroatoms. The summed E-state index contributed by atoms with van der Waals surface area (Å²) < 4.78 is 27.9. The number of rotatable bonds is 4. The van der Waals surface area contributed by atoms with E-state index in [2.05, 4.69) is 5.32 Å². The van der Waals surface area contributed by atoms with Crippen LogP contribution in [0.25, 0.3) is 0 Å². The molecular formula is C25H34N2O3S. The first-order chi connectivity index (χ1) is 15.0. The first-order valence-corrected chi connectivity index (χ1v) is 13.9. The summed E-state index contributed by atoms with van der Waals surface area (Å²) in [6, 6.07) is 6.00. The van der Waals surface area contributed by atoms with Gasteiger partial charge in [-0.3, -0.25) is 4.79 Å². The highest BCUT2D eigenvalue weighted by Crippen LogP contribution is 2.58. The minimum Gasteiger partial charge on any atom is -0.353 e. The van der Waals surface area contributed by atoms with E-state index in [1.807, 2.05) is 12.1 Å². The maximum atomic E-state index is 13.2. The Morgan fingerprint density at radius 3 is 2.52 bits per heavy atom. The largest absolute Gasteiger partial charge is 0.353 e. The first-order valence-electron chi connectivity index (χ1n) is 12.4. The molecule has 1 aromatic carbocycles. The Morgan fingerprint density at radius 1 is 0.903 bits per heavy atom. The van der Waals surface area contributed by atoms with Crippen LogP contribution in [-0.4, -0.2) is 37.8 Å². The van der Waals surface area contributed by atoms with E-state index in [1.165, 1.54) is 43.2 Å². The maximum absolute atomic E-state index is 13.2. The Bertz CT molecular complexity index is 982. The fourth-order valence-corrected chi connectivity index (χ4v) is 9.27. The zero-order valence-electron chi connectivity index (χ0n) is 18.3. The number of hydrogen-bond donors (Lipinski definition) is 1. The molecule has 1 amide bonds. The lowest BCUT2D eigenvalue weighted by atomic mass is 9.79. The lowest BCUT2D eigenvalue weighted by Gasteiger charge is -2.35. The van der Waals surface area contributed by atoms with Gasteiger partial charge < -0.3 is 5.32 Å². The summed E-state index contributed by atoms with van der Waals surface area (Å²) in [6.07, 6.45) is 11.0. The van der Waals surface area contributed by atoms with Gasteiger partial charge >= 0.3 is 0 Å². The van der Waals surface area contributed by atoms with E-state index >= 15 is 0 Å². The van der Waals surface area contributed by atoms with E-state index in [0.717, 1.165) is 37.0 Å². The third-order valence-electron chi connectivity index (χ3n) is 9.29. The van der Waals surface area contributed by atoms with Gasteiger partial charge in [-0.15, -0.1) is 0 Å². The number of carbonyl (C=O) groups excluding carboxylic acids is 1. The van der Waals surface area contributed by atoms with Crippen molar-refractivity contribution in [2.24, 2.45) is 29.6 Å². The molecule has 5 atom stereocenters. The van der Waals surface area contributed by atoms with Crippen LogP contribution >= 0.6 is 0 Å². The van der Waals surface area contributed by atoms with Crippen LogP contribution in [0.2, 0.25) is 0 Å². The molecule has 4 fully saturated rings. The van der Waals surface area contributed by atoms with Gasteiger partial charge in [0.15, 0.2) is 0 Å². The van der Waals surface area contributed by atoms with Gasteiger partial charge in [0.25, 0.3) is 0 Å². The van der Waals surface area contributed by atoms with Crippen molar-refractivity contribution < 1.29 is 13.2 Å². The van der Waals surface area contributed by atoms with Gasteiger partial charge in [-0.2, -0.15) is 4.31 Å². The number of nitrogens with zero attached hydrogens (tertiary/aromatic N) is 1. The molecule has 6 rings (SSSR count). The third kappa shape index (κ3) is 3.36. The standard InChI is InChI=1S/C25H34N2O3S/c28-25(26-24-15-19-14-23(24)22-6-2-5-21(19)22)17-9-11-27(12-10-17)31(29,30)20-8-7-16-3-1-4-18(16)13-20/h7-8,13,17,19,21-24H,1-6,9-12,14-15H2,(H,26,28). The highest BCUT2D eigenvalue weighted by molar-refractivity contribution is 7.89. The molecular weight excluding hydrogens is 408 g/mol. The highest BCUT2D eigenvalue weighted by atomic mass is 32.2. The lowest BCUT2D eigenvalue weighted by Crippen LogP contribution is -2.48. The number of fused-ring (bicyclic) bond motifs is 6. The Balaban J connectivity index is 1.06. The summed E-state index contributed by atoms with van der Waals surface area (Å²) in [7, 11) is -3.47. The van der Waals surface area contributed by atoms with Crippen LogP contribution in [-0.2, 0) is 27.7 Å². The SMILES string of the molecule is O=C(NC1CC2CC1C1CCCC21)C1CCN(S(=O)(=O)c2ccc3c(c2)CCC3)CC1. The van der Waals surface area contributed by atoms with E-state index < -0.39 is 10.0 Å². The monoisotopic (exact) mass is 442 g/mol. The van der Waals surface area contributed by atoms with Gasteiger partial charge in [0.2, 0.25) is 15.9 Å². The van der Waals surface area contributed by atoms with Crippen molar-refractivity contribution in [2.45, 2.75) is 75.1 Å². The fraction of sp³-hybridized carbons (Fsp3) is 0.720. The van der Waals surface area contributed by atoms with E-state index in [1.54, 1.807) is 10.4 Å². The Morgan fingerprint density at radius 2 is 1.68 bits per heavy atom. The maximum Gasteiger partial charge on any atom is 0.243 e. The van der Waals surface area contributed by atoms with Crippen LogP contribution in [0.15, 0.2) is 23.1 Å². The van der Waals surface area contributed by atoms with Crippen LogP contribution in [0, 0.1) is 29.6 Å². The number of carbonyl (C=O) groups is 1. The van der Waals surface area contributed by atoms with Crippen LogP contribution in [0.4, 0.5) is 0 Å². The van der Waals surface area contributed by atoms with Gasteiger partial charge in [0, 0.05) is 25.0 Å².